The molecule has 0 fully saturated rings. The summed E-state index contributed by atoms with van der Waals surface area (Å²) in [5, 5.41) is 13.5. The predicted molar refractivity (Wildman–Crippen MR) is 121 cm³/mol. The average molecular weight is 446 g/mol. The lowest BCUT2D eigenvalue weighted by molar-refractivity contribution is -0.384. The SMILES string of the molecule is COCCN(Cc1cccn1C)C(=O)CN(CC(C)C)C(=O)Nc1ccc([N+](=O)[O-])cc1. The minimum absolute atomic E-state index is 0.0633. The molecule has 0 atom stereocenters. The van der Waals surface area contributed by atoms with Gasteiger partial charge < -0.3 is 24.4 Å². The third-order valence-corrected chi connectivity index (χ3v) is 4.85. The minimum Gasteiger partial charge on any atom is -0.383 e. The van der Waals surface area contributed by atoms with Gasteiger partial charge in [-0.1, -0.05) is 13.8 Å². The van der Waals surface area contributed by atoms with Gasteiger partial charge in [-0.15, -0.1) is 0 Å². The summed E-state index contributed by atoms with van der Waals surface area (Å²) in [5.74, 6) is -0.0477. The van der Waals surface area contributed by atoms with Crippen molar-refractivity contribution in [3.05, 3.63) is 58.4 Å². The molecule has 0 saturated carbocycles. The molecule has 1 aromatic heterocycles. The number of ether oxygens (including phenoxy) is 1. The highest BCUT2D eigenvalue weighted by atomic mass is 16.6. The summed E-state index contributed by atoms with van der Waals surface area (Å²) in [7, 11) is 3.49. The lowest BCUT2D eigenvalue weighted by Crippen LogP contribution is -2.46. The number of hydrogen-bond acceptors (Lipinski definition) is 5. The first-order valence-electron chi connectivity index (χ1n) is 10.4. The van der Waals surface area contributed by atoms with Crippen molar-refractivity contribution in [3.63, 3.8) is 0 Å². The van der Waals surface area contributed by atoms with Gasteiger partial charge in [-0.3, -0.25) is 14.9 Å². The van der Waals surface area contributed by atoms with Crippen LogP contribution < -0.4 is 5.32 Å². The number of amides is 3. The van der Waals surface area contributed by atoms with Gasteiger partial charge in [0.1, 0.15) is 6.54 Å². The van der Waals surface area contributed by atoms with E-state index in [0.717, 1.165) is 5.69 Å². The lowest BCUT2D eigenvalue weighted by atomic mass is 10.2. The molecule has 174 valence electrons. The number of carbonyl (C=O) groups excluding carboxylic acids is 2. The van der Waals surface area contributed by atoms with E-state index in [2.05, 4.69) is 5.32 Å². The number of aryl methyl sites for hydroxylation is 1. The van der Waals surface area contributed by atoms with E-state index in [1.54, 1.807) is 12.0 Å². The van der Waals surface area contributed by atoms with Crippen molar-refractivity contribution in [1.82, 2.24) is 14.4 Å². The van der Waals surface area contributed by atoms with Gasteiger partial charge in [0.25, 0.3) is 5.69 Å². The van der Waals surface area contributed by atoms with Crippen LogP contribution in [0.15, 0.2) is 42.6 Å². The number of nitrogens with one attached hydrogen (secondary N) is 1. The van der Waals surface area contributed by atoms with Gasteiger partial charge in [-0.05, 0) is 30.2 Å². The maximum Gasteiger partial charge on any atom is 0.322 e. The molecule has 1 N–H and O–H groups in total. The molecule has 0 saturated heterocycles. The number of anilines is 1. The fourth-order valence-corrected chi connectivity index (χ4v) is 3.14. The Hall–Kier alpha value is -3.40. The summed E-state index contributed by atoms with van der Waals surface area (Å²) < 4.78 is 7.10. The van der Waals surface area contributed by atoms with Crippen molar-refractivity contribution in [1.29, 1.82) is 0 Å². The zero-order chi connectivity index (χ0) is 23.7. The van der Waals surface area contributed by atoms with Crippen LogP contribution in [-0.4, -0.2) is 64.6 Å². The normalized spacial score (nSPS) is 10.8. The monoisotopic (exact) mass is 445 g/mol. The van der Waals surface area contributed by atoms with E-state index in [1.165, 1.54) is 29.2 Å². The number of nitro benzene ring substituents is 1. The van der Waals surface area contributed by atoms with Crippen LogP contribution in [0.5, 0.6) is 0 Å². The highest BCUT2D eigenvalue weighted by molar-refractivity contribution is 5.92. The van der Waals surface area contributed by atoms with Crippen molar-refractivity contribution in [2.75, 3.05) is 38.7 Å². The van der Waals surface area contributed by atoms with E-state index in [4.69, 9.17) is 4.74 Å². The Morgan fingerprint density at radius 1 is 1.19 bits per heavy atom. The van der Waals surface area contributed by atoms with E-state index in [9.17, 15) is 19.7 Å². The maximum absolute atomic E-state index is 13.1. The van der Waals surface area contributed by atoms with Gasteiger partial charge in [0.05, 0.1) is 18.1 Å². The molecule has 2 rings (SSSR count). The first-order chi connectivity index (χ1) is 15.2. The Kier molecular flexibility index (Phi) is 9.21. The van der Waals surface area contributed by atoms with Crippen LogP contribution in [0.1, 0.15) is 19.5 Å². The number of aromatic nitrogens is 1. The summed E-state index contributed by atoms with van der Waals surface area (Å²) in [4.78, 5) is 39.5. The van der Waals surface area contributed by atoms with Gasteiger partial charge in [-0.2, -0.15) is 0 Å². The number of methoxy groups -OCH3 is 1. The summed E-state index contributed by atoms with van der Waals surface area (Å²) in [6.07, 6.45) is 1.91. The molecule has 1 heterocycles. The van der Waals surface area contributed by atoms with E-state index in [-0.39, 0.29) is 24.1 Å². The second-order valence-electron chi connectivity index (χ2n) is 7.93. The van der Waals surface area contributed by atoms with Crippen LogP contribution in [0.25, 0.3) is 0 Å². The number of carbonyl (C=O) groups is 2. The first-order valence-corrected chi connectivity index (χ1v) is 10.4. The second-order valence-corrected chi connectivity index (χ2v) is 7.93. The van der Waals surface area contributed by atoms with Crippen LogP contribution in [0.4, 0.5) is 16.2 Å². The molecule has 0 radical (unpaired) electrons. The van der Waals surface area contributed by atoms with Gasteiger partial charge >= 0.3 is 6.03 Å². The molecule has 3 amide bonds. The van der Waals surface area contributed by atoms with Crippen molar-refractivity contribution < 1.29 is 19.2 Å². The van der Waals surface area contributed by atoms with Gasteiger partial charge in [-0.25, -0.2) is 4.79 Å². The van der Waals surface area contributed by atoms with Gasteiger partial charge in [0.15, 0.2) is 0 Å². The molecule has 0 aliphatic rings. The third-order valence-electron chi connectivity index (χ3n) is 4.85. The van der Waals surface area contributed by atoms with Crippen molar-refractivity contribution in [2.45, 2.75) is 20.4 Å². The summed E-state index contributed by atoms with van der Waals surface area (Å²) in [6.45, 7) is 5.41. The molecule has 10 nitrogen and oxygen atoms in total. The molecular weight excluding hydrogens is 414 g/mol. The molecule has 0 bridgehead atoms. The fourth-order valence-electron chi connectivity index (χ4n) is 3.14. The molecule has 2 aromatic rings. The van der Waals surface area contributed by atoms with E-state index < -0.39 is 11.0 Å². The zero-order valence-corrected chi connectivity index (χ0v) is 19.0. The Balaban J connectivity index is 2.11. The van der Waals surface area contributed by atoms with Crippen LogP contribution in [0, 0.1) is 16.0 Å². The molecule has 0 aliphatic carbocycles. The molecular formula is C22H31N5O5. The predicted octanol–water partition coefficient (Wildman–Crippen LogP) is 3.10. The summed E-state index contributed by atoms with van der Waals surface area (Å²) in [6, 6.07) is 8.99. The highest BCUT2D eigenvalue weighted by Gasteiger charge is 2.23. The van der Waals surface area contributed by atoms with Gasteiger partial charge in [0.2, 0.25) is 5.91 Å². The molecule has 0 unspecified atom stereocenters. The molecule has 32 heavy (non-hydrogen) atoms. The summed E-state index contributed by atoms with van der Waals surface area (Å²) >= 11 is 0. The Morgan fingerprint density at radius 3 is 2.41 bits per heavy atom. The number of rotatable bonds is 11. The number of non-ortho nitro benzene ring substituents is 1. The zero-order valence-electron chi connectivity index (χ0n) is 19.0. The molecule has 0 aliphatic heterocycles. The maximum atomic E-state index is 13.1. The van der Waals surface area contributed by atoms with E-state index in [0.29, 0.717) is 31.9 Å². The standard InChI is InChI=1S/C22H31N5O5/c1-17(2)14-26(22(29)23-18-7-9-19(10-8-18)27(30)31)16-21(28)25(12-13-32-4)15-20-6-5-11-24(20)3/h5-11,17H,12-16H2,1-4H3,(H,23,29). The highest BCUT2D eigenvalue weighted by Crippen LogP contribution is 2.16. The van der Waals surface area contributed by atoms with Crippen molar-refractivity contribution >= 4 is 23.3 Å². The fraction of sp³-hybridized carbons (Fsp3) is 0.455. The minimum atomic E-state index is -0.503. The number of nitro groups is 1. The van der Waals surface area contributed by atoms with Crippen LogP contribution in [0.2, 0.25) is 0 Å². The lowest BCUT2D eigenvalue weighted by Gasteiger charge is -2.29. The molecule has 1 aromatic carbocycles. The Bertz CT molecular complexity index is 910. The van der Waals surface area contributed by atoms with Crippen molar-refractivity contribution in [3.8, 4) is 0 Å². The average Bonchev–Trinajstić information content (AvgIpc) is 3.14. The number of benzene rings is 1. The quantitative estimate of drug-likeness (QED) is 0.422. The van der Waals surface area contributed by atoms with E-state index in [1.807, 2.05) is 43.8 Å². The smallest absolute Gasteiger partial charge is 0.322 e. The second kappa shape index (κ2) is 11.8. The number of urea groups is 1. The summed E-state index contributed by atoms with van der Waals surface area (Å²) in [5.41, 5.74) is 1.33. The number of nitrogens with zero attached hydrogens (tertiary/aromatic N) is 4. The van der Waals surface area contributed by atoms with Crippen LogP contribution >= 0.6 is 0 Å². The van der Waals surface area contributed by atoms with E-state index >= 15 is 0 Å². The Labute approximate surface area is 187 Å². The van der Waals surface area contributed by atoms with Crippen LogP contribution in [-0.2, 0) is 23.1 Å². The third kappa shape index (κ3) is 7.38. The first kappa shape index (κ1) is 24.9. The van der Waals surface area contributed by atoms with Crippen LogP contribution in [0.3, 0.4) is 0 Å². The Morgan fingerprint density at radius 2 is 1.88 bits per heavy atom. The van der Waals surface area contributed by atoms with Gasteiger partial charge in [0, 0.05) is 57.0 Å². The molecule has 0 spiro atoms. The molecule has 10 heteroatoms. The largest absolute Gasteiger partial charge is 0.383 e. The van der Waals surface area contributed by atoms with Crippen molar-refractivity contribution in [2.24, 2.45) is 13.0 Å². The number of hydrogen-bond donors (Lipinski definition) is 1. The topological polar surface area (TPSA) is 110 Å².